The lowest BCUT2D eigenvalue weighted by Crippen LogP contribution is -2.14. The van der Waals surface area contributed by atoms with Crippen LogP contribution in [0, 0.1) is 5.92 Å². The molecule has 0 radical (unpaired) electrons. The van der Waals surface area contributed by atoms with Crippen molar-refractivity contribution in [3.8, 4) is 0 Å². The summed E-state index contributed by atoms with van der Waals surface area (Å²) in [6.07, 6.45) is 7.73. The van der Waals surface area contributed by atoms with Gasteiger partial charge in [-0.15, -0.1) is 0 Å². The van der Waals surface area contributed by atoms with Crippen molar-refractivity contribution in [3.05, 3.63) is 49.6 Å². The molecule has 0 spiro atoms. The molecule has 1 amide bonds. The van der Waals surface area contributed by atoms with Gasteiger partial charge >= 0.3 is 0 Å². The quantitative estimate of drug-likeness (QED) is 0.738. The van der Waals surface area contributed by atoms with Crippen LogP contribution in [-0.2, 0) is 4.79 Å². The summed E-state index contributed by atoms with van der Waals surface area (Å²) in [5, 5.41) is 2.79. The Hall–Kier alpha value is -1.57. The maximum absolute atomic E-state index is 10.8. The second-order valence-corrected chi connectivity index (χ2v) is 3.17. The van der Waals surface area contributed by atoms with Gasteiger partial charge in [0, 0.05) is 18.9 Å². The van der Waals surface area contributed by atoms with Crippen molar-refractivity contribution in [2.45, 2.75) is 41.0 Å². The molecule has 1 rings (SSSR count). The monoisotopic (exact) mass is 265 g/mol. The fraction of sp³-hybridized carbons (Fsp3) is 0.471. The van der Waals surface area contributed by atoms with Gasteiger partial charge in [-0.1, -0.05) is 71.7 Å². The summed E-state index contributed by atoms with van der Waals surface area (Å²) in [6.45, 7) is 21.2. The zero-order chi connectivity index (χ0) is 15.7. The van der Waals surface area contributed by atoms with E-state index in [1.54, 1.807) is 12.2 Å². The highest BCUT2D eigenvalue weighted by atomic mass is 16.1. The van der Waals surface area contributed by atoms with E-state index in [4.69, 9.17) is 0 Å². The first kappa shape index (κ1) is 22.6. The van der Waals surface area contributed by atoms with Crippen molar-refractivity contribution >= 4 is 5.91 Å². The number of allylic oxidation sites excluding steroid dienone is 4. The average molecular weight is 265 g/mol. The molecular weight excluding hydrogens is 234 g/mol. The minimum absolute atomic E-state index is 0.149. The third kappa shape index (κ3) is 12.7. The molecule has 2 nitrogen and oxygen atoms in total. The number of hydrogen-bond donors (Lipinski definition) is 1. The Morgan fingerprint density at radius 3 is 1.84 bits per heavy atom. The van der Waals surface area contributed by atoms with Gasteiger partial charge in [0.25, 0.3) is 0 Å². The lowest BCUT2D eigenvalue weighted by atomic mass is 9.98. The van der Waals surface area contributed by atoms with Gasteiger partial charge in [0.1, 0.15) is 0 Å². The van der Waals surface area contributed by atoms with Crippen molar-refractivity contribution in [2.24, 2.45) is 5.92 Å². The van der Waals surface area contributed by atoms with Crippen molar-refractivity contribution in [1.82, 2.24) is 5.32 Å². The van der Waals surface area contributed by atoms with E-state index in [1.165, 1.54) is 5.57 Å². The molecule has 0 saturated carbocycles. The lowest BCUT2D eigenvalue weighted by Gasteiger charge is -2.06. The number of rotatable bonds is 3. The van der Waals surface area contributed by atoms with Crippen molar-refractivity contribution in [2.75, 3.05) is 6.54 Å². The minimum atomic E-state index is 0.149. The van der Waals surface area contributed by atoms with E-state index in [1.807, 2.05) is 46.8 Å². The van der Waals surface area contributed by atoms with Crippen LogP contribution in [0.2, 0.25) is 0 Å². The molecule has 2 heteroatoms. The van der Waals surface area contributed by atoms with Crippen LogP contribution in [-0.4, -0.2) is 12.5 Å². The maximum atomic E-state index is 10.8. The molecule has 1 unspecified atom stereocenters. The second-order valence-electron chi connectivity index (χ2n) is 3.17. The third-order valence-electron chi connectivity index (χ3n) is 2.18. The summed E-state index contributed by atoms with van der Waals surface area (Å²) in [6, 6.07) is 0. The molecule has 1 saturated heterocycles. The molecule has 1 atom stereocenters. The van der Waals surface area contributed by atoms with Crippen molar-refractivity contribution < 1.29 is 4.79 Å². The van der Waals surface area contributed by atoms with E-state index < -0.39 is 0 Å². The van der Waals surface area contributed by atoms with Crippen LogP contribution >= 0.6 is 0 Å². The number of amides is 1. The number of nitrogens with one attached hydrogen (secondary N) is 1. The molecule has 0 aromatic heterocycles. The summed E-state index contributed by atoms with van der Waals surface area (Å²) < 4.78 is 0. The molecule has 0 bridgehead atoms. The van der Waals surface area contributed by atoms with E-state index >= 15 is 0 Å². The molecular formula is C17H31NO. The lowest BCUT2D eigenvalue weighted by molar-refractivity contribution is -0.119. The molecule has 0 aromatic carbocycles. The van der Waals surface area contributed by atoms with Crippen LogP contribution in [0.3, 0.4) is 0 Å². The average Bonchev–Trinajstić information content (AvgIpc) is 2.91. The standard InChI is InChI=1S/C9H13NO.C4H6.2C2H6/c1-3-7(4-2)8-5-9(11)10-6-8;1-3-4-2;2*1-2/h3-4,8H,1,5-6H2,2H3,(H,10,11);3-4H,1-2H2;2*1-2H3/b7-4+;;;. The number of carbonyl (C=O) groups excluding carboxylic acids is 1. The van der Waals surface area contributed by atoms with Crippen LogP contribution in [0.5, 0.6) is 0 Å². The van der Waals surface area contributed by atoms with Crippen LogP contribution in [0.15, 0.2) is 49.6 Å². The van der Waals surface area contributed by atoms with Crippen LogP contribution in [0.25, 0.3) is 0 Å². The second kappa shape index (κ2) is 18.8. The molecule has 1 N–H and O–H groups in total. The summed E-state index contributed by atoms with van der Waals surface area (Å²) in [4.78, 5) is 10.8. The summed E-state index contributed by atoms with van der Waals surface area (Å²) >= 11 is 0. The van der Waals surface area contributed by atoms with Gasteiger partial charge in [-0.05, 0) is 12.5 Å². The molecule has 1 aliphatic rings. The van der Waals surface area contributed by atoms with E-state index in [-0.39, 0.29) is 5.91 Å². The van der Waals surface area contributed by atoms with Crippen LogP contribution in [0.1, 0.15) is 41.0 Å². The van der Waals surface area contributed by atoms with Crippen molar-refractivity contribution in [3.63, 3.8) is 0 Å². The first-order valence-electron chi connectivity index (χ1n) is 6.98. The SMILES string of the molecule is C=C/C(=C\C)C1CNC(=O)C1.C=CC=C.CC.CC. The molecule has 1 aliphatic heterocycles. The molecule has 1 heterocycles. The van der Waals surface area contributed by atoms with Gasteiger partial charge in [0.2, 0.25) is 5.91 Å². The number of hydrogen-bond acceptors (Lipinski definition) is 1. The van der Waals surface area contributed by atoms with Gasteiger partial charge in [0.05, 0.1) is 0 Å². The molecule has 0 aliphatic carbocycles. The fourth-order valence-corrected chi connectivity index (χ4v) is 1.36. The smallest absolute Gasteiger partial charge is 0.220 e. The zero-order valence-corrected chi connectivity index (χ0v) is 13.3. The largest absolute Gasteiger partial charge is 0.355 e. The van der Waals surface area contributed by atoms with E-state index in [2.05, 4.69) is 25.1 Å². The predicted molar refractivity (Wildman–Crippen MR) is 88.2 cm³/mol. The Balaban J connectivity index is -0.000000271. The number of carbonyl (C=O) groups is 1. The van der Waals surface area contributed by atoms with Crippen molar-refractivity contribution in [1.29, 1.82) is 0 Å². The first-order valence-corrected chi connectivity index (χ1v) is 6.98. The summed E-state index contributed by atoms with van der Waals surface area (Å²) in [7, 11) is 0. The van der Waals surface area contributed by atoms with E-state index in [9.17, 15) is 4.79 Å². The highest BCUT2D eigenvalue weighted by Gasteiger charge is 2.22. The summed E-state index contributed by atoms with van der Waals surface area (Å²) in [5.74, 6) is 0.501. The highest BCUT2D eigenvalue weighted by molar-refractivity contribution is 5.79. The van der Waals surface area contributed by atoms with Gasteiger partial charge in [-0.3, -0.25) is 4.79 Å². The molecule has 110 valence electrons. The molecule has 19 heavy (non-hydrogen) atoms. The Morgan fingerprint density at radius 2 is 1.63 bits per heavy atom. The summed E-state index contributed by atoms with van der Waals surface area (Å²) in [5.41, 5.74) is 1.17. The Labute approximate surface area is 120 Å². The topological polar surface area (TPSA) is 29.1 Å². The Morgan fingerprint density at radius 1 is 1.16 bits per heavy atom. The minimum Gasteiger partial charge on any atom is -0.355 e. The first-order chi connectivity index (χ1) is 9.19. The molecule has 0 aromatic rings. The van der Waals surface area contributed by atoms with Gasteiger partial charge < -0.3 is 5.32 Å². The molecule has 1 fully saturated rings. The predicted octanol–water partition coefficient (Wildman–Crippen LogP) is 4.67. The van der Waals surface area contributed by atoms with Crippen LogP contribution in [0.4, 0.5) is 0 Å². The van der Waals surface area contributed by atoms with Gasteiger partial charge in [-0.25, -0.2) is 0 Å². The Bertz CT molecular complexity index is 271. The van der Waals surface area contributed by atoms with Gasteiger partial charge in [0.15, 0.2) is 0 Å². The normalized spacial score (nSPS) is 16.2. The van der Waals surface area contributed by atoms with Crippen LogP contribution < -0.4 is 5.32 Å². The highest BCUT2D eigenvalue weighted by Crippen LogP contribution is 2.19. The van der Waals surface area contributed by atoms with E-state index in [0.717, 1.165) is 6.54 Å². The maximum Gasteiger partial charge on any atom is 0.220 e. The fourth-order valence-electron chi connectivity index (χ4n) is 1.36. The van der Waals surface area contributed by atoms with E-state index in [0.29, 0.717) is 12.3 Å². The zero-order valence-electron chi connectivity index (χ0n) is 13.3. The van der Waals surface area contributed by atoms with Gasteiger partial charge in [-0.2, -0.15) is 0 Å². The Kier molecular flexibility index (Phi) is 22.3. The third-order valence-corrected chi connectivity index (χ3v) is 2.18.